The minimum atomic E-state index is 0.433. The second-order valence-electron chi connectivity index (χ2n) is 6.32. The van der Waals surface area contributed by atoms with Crippen LogP contribution in [0.2, 0.25) is 0 Å². The van der Waals surface area contributed by atoms with Crippen LogP contribution in [0.3, 0.4) is 0 Å². The van der Waals surface area contributed by atoms with Crippen LogP contribution in [0.25, 0.3) is 0 Å². The Hall–Kier alpha value is 0.140. The van der Waals surface area contributed by atoms with Crippen molar-refractivity contribution in [2.45, 2.75) is 40.0 Å². The van der Waals surface area contributed by atoms with E-state index in [-0.39, 0.29) is 0 Å². The van der Waals surface area contributed by atoms with Crippen molar-refractivity contribution >= 4 is 27.3 Å². The minimum absolute atomic E-state index is 0.433. The van der Waals surface area contributed by atoms with Gasteiger partial charge in [-0.15, -0.1) is 11.3 Å². The molecule has 1 saturated carbocycles. The summed E-state index contributed by atoms with van der Waals surface area (Å²) in [4.78, 5) is 1.51. The second-order valence-corrected chi connectivity index (χ2v) is 8.18. The van der Waals surface area contributed by atoms with Crippen LogP contribution in [0.15, 0.2) is 15.9 Å². The predicted molar refractivity (Wildman–Crippen MR) is 84.3 cm³/mol. The Balaban J connectivity index is 1.96. The van der Waals surface area contributed by atoms with E-state index >= 15 is 0 Å². The van der Waals surface area contributed by atoms with Crippen LogP contribution < -0.4 is 5.32 Å². The van der Waals surface area contributed by atoms with Crippen molar-refractivity contribution in [3.8, 4) is 0 Å². The fourth-order valence-corrected chi connectivity index (χ4v) is 4.29. The summed E-state index contributed by atoms with van der Waals surface area (Å²) in [5.41, 5.74) is 0.433. The lowest BCUT2D eigenvalue weighted by Crippen LogP contribution is -2.37. The van der Waals surface area contributed by atoms with Gasteiger partial charge in [-0.2, -0.15) is 0 Å². The Morgan fingerprint density at radius 2 is 2.22 bits per heavy atom. The minimum Gasteiger partial charge on any atom is -0.316 e. The molecular weight excluding hydrogens is 306 g/mol. The summed E-state index contributed by atoms with van der Waals surface area (Å²) in [6.45, 7) is 9.30. The maximum atomic E-state index is 3.67. The summed E-state index contributed by atoms with van der Waals surface area (Å²) in [5.74, 6) is 1.66. The lowest BCUT2D eigenvalue weighted by Gasteiger charge is -2.30. The topological polar surface area (TPSA) is 12.0 Å². The molecule has 0 aliphatic heterocycles. The smallest absolute Gasteiger partial charge is 0.0314 e. The highest BCUT2D eigenvalue weighted by Gasteiger charge is 2.41. The Kier molecular flexibility index (Phi) is 4.90. The molecule has 0 saturated heterocycles. The van der Waals surface area contributed by atoms with E-state index in [2.05, 4.69) is 53.5 Å². The molecule has 1 aliphatic carbocycles. The van der Waals surface area contributed by atoms with Gasteiger partial charge < -0.3 is 5.32 Å². The zero-order valence-electron chi connectivity index (χ0n) is 11.6. The molecule has 3 heteroatoms. The van der Waals surface area contributed by atoms with Crippen LogP contribution in [0.1, 0.15) is 38.5 Å². The number of hydrogen-bond acceptors (Lipinski definition) is 2. The molecule has 18 heavy (non-hydrogen) atoms. The van der Waals surface area contributed by atoms with Crippen LogP contribution in [0.4, 0.5) is 0 Å². The lowest BCUT2D eigenvalue weighted by molar-refractivity contribution is 0.253. The molecule has 1 unspecified atom stereocenters. The number of nitrogens with one attached hydrogen (secondary N) is 1. The van der Waals surface area contributed by atoms with Gasteiger partial charge in [-0.1, -0.05) is 20.8 Å². The van der Waals surface area contributed by atoms with E-state index in [9.17, 15) is 0 Å². The van der Waals surface area contributed by atoms with Crippen molar-refractivity contribution in [2.75, 3.05) is 13.1 Å². The zero-order valence-corrected chi connectivity index (χ0v) is 14.0. The highest BCUT2D eigenvalue weighted by Crippen LogP contribution is 2.48. The van der Waals surface area contributed by atoms with E-state index in [1.165, 1.54) is 28.6 Å². The quantitative estimate of drug-likeness (QED) is 0.763. The maximum Gasteiger partial charge on any atom is 0.0314 e. The van der Waals surface area contributed by atoms with E-state index in [0.717, 1.165) is 24.9 Å². The van der Waals surface area contributed by atoms with E-state index in [0.29, 0.717) is 5.41 Å². The fraction of sp³-hybridized carbons (Fsp3) is 0.733. The van der Waals surface area contributed by atoms with Gasteiger partial charge in [0.05, 0.1) is 0 Å². The van der Waals surface area contributed by atoms with Crippen LogP contribution in [0, 0.1) is 17.3 Å². The van der Waals surface area contributed by atoms with E-state index < -0.39 is 0 Å². The number of halogens is 1. The van der Waals surface area contributed by atoms with Crippen molar-refractivity contribution in [1.29, 1.82) is 0 Å². The Bertz CT molecular complexity index is 384. The zero-order chi connectivity index (χ0) is 13.2. The van der Waals surface area contributed by atoms with Gasteiger partial charge in [0.15, 0.2) is 0 Å². The molecule has 1 aromatic rings. The van der Waals surface area contributed by atoms with Crippen molar-refractivity contribution in [3.63, 3.8) is 0 Å². The van der Waals surface area contributed by atoms with Crippen molar-refractivity contribution in [3.05, 3.63) is 20.8 Å². The first-order chi connectivity index (χ1) is 8.51. The first kappa shape index (κ1) is 14.5. The third kappa shape index (κ3) is 3.82. The maximum absolute atomic E-state index is 3.67. The summed E-state index contributed by atoms with van der Waals surface area (Å²) in [6.07, 6.45) is 4.05. The number of rotatable bonds is 7. The largest absolute Gasteiger partial charge is 0.316 e. The average Bonchev–Trinajstić information content (AvgIpc) is 3.06. The second kappa shape index (κ2) is 6.06. The van der Waals surface area contributed by atoms with Gasteiger partial charge in [0, 0.05) is 15.9 Å². The molecule has 1 atom stereocenters. The highest BCUT2D eigenvalue weighted by molar-refractivity contribution is 9.10. The molecule has 0 aromatic carbocycles. The summed E-state index contributed by atoms with van der Waals surface area (Å²) in [6, 6.07) is 2.18. The van der Waals surface area contributed by atoms with Crippen LogP contribution in [-0.4, -0.2) is 13.1 Å². The van der Waals surface area contributed by atoms with E-state index in [1.807, 2.05) is 11.3 Å². The summed E-state index contributed by atoms with van der Waals surface area (Å²) >= 11 is 5.56. The average molecular weight is 330 g/mol. The van der Waals surface area contributed by atoms with E-state index in [1.54, 1.807) is 0 Å². The van der Waals surface area contributed by atoms with Gasteiger partial charge in [0.1, 0.15) is 0 Å². The normalized spacial score (nSPS) is 19.2. The summed E-state index contributed by atoms with van der Waals surface area (Å²) < 4.78 is 1.29. The molecule has 1 fully saturated rings. The molecule has 0 radical (unpaired) electrons. The molecule has 0 spiro atoms. The standard InChI is InChI=1S/C15H24BrNS/c1-11(2)9-17-10-15(3,12-4-5-12)8-14-13(16)6-7-18-14/h6-7,11-12,17H,4-5,8-10H2,1-3H3. The number of thiophene rings is 1. The molecule has 2 rings (SSSR count). The first-order valence-corrected chi connectivity index (χ1v) is 8.61. The Morgan fingerprint density at radius 1 is 1.50 bits per heavy atom. The highest BCUT2D eigenvalue weighted by atomic mass is 79.9. The predicted octanol–water partition coefficient (Wildman–Crippen LogP) is 4.72. The monoisotopic (exact) mass is 329 g/mol. The molecule has 0 bridgehead atoms. The van der Waals surface area contributed by atoms with E-state index in [4.69, 9.17) is 0 Å². The molecule has 102 valence electrons. The van der Waals surface area contributed by atoms with Gasteiger partial charge >= 0.3 is 0 Å². The van der Waals surface area contributed by atoms with Gasteiger partial charge in [-0.25, -0.2) is 0 Å². The van der Waals surface area contributed by atoms with Crippen LogP contribution >= 0.6 is 27.3 Å². The van der Waals surface area contributed by atoms with Crippen LogP contribution in [-0.2, 0) is 6.42 Å². The third-order valence-electron chi connectivity index (χ3n) is 3.90. The van der Waals surface area contributed by atoms with Gasteiger partial charge in [0.2, 0.25) is 0 Å². The van der Waals surface area contributed by atoms with Crippen molar-refractivity contribution < 1.29 is 0 Å². The summed E-state index contributed by atoms with van der Waals surface area (Å²) in [7, 11) is 0. The fourth-order valence-electron chi connectivity index (χ4n) is 2.60. The van der Waals surface area contributed by atoms with Crippen molar-refractivity contribution in [1.82, 2.24) is 5.32 Å². The lowest BCUT2D eigenvalue weighted by atomic mass is 9.80. The molecule has 1 N–H and O–H groups in total. The van der Waals surface area contributed by atoms with Gasteiger partial charge in [-0.05, 0) is 70.4 Å². The van der Waals surface area contributed by atoms with Crippen molar-refractivity contribution in [2.24, 2.45) is 17.3 Å². The molecule has 1 aliphatic rings. The van der Waals surface area contributed by atoms with Gasteiger partial charge in [-0.3, -0.25) is 0 Å². The Morgan fingerprint density at radius 3 is 2.72 bits per heavy atom. The first-order valence-electron chi connectivity index (χ1n) is 6.94. The Labute approximate surface area is 123 Å². The van der Waals surface area contributed by atoms with Gasteiger partial charge in [0.25, 0.3) is 0 Å². The molecule has 1 aromatic heterocycles. The molecule has 1 nitrogen and oxygen atoms in total. The number of hydrogen-bond donors (Lipinski definition) is 1. The SMILES string of the molecule is CC(C)CNCC(C)(Cc1sccc1Br)C1CC1. The molecule has 1 heterocycles. The van der Waals surface area contributed by atoms with Crippen LogP contribution in [0.5, 0.6) is 0 Å². The summed E-state index contributed by atoms with van der Waals surface area (Å²) in [5, 5.41) is 5.86. The molecule has 0 amide bonds. The third-order valence-corrected chi connectivity index (χ3v) is 5.83. The molecular formula is C15H24BrNS.